The molecule has 0 saturated heterocycles. The van der Waals surface area contributed by atoms with Crippen LogP contribution in [0.4, 0.5) is 10.5 Å². The third-order valence-electron chi connectivity index (χ3n) is 2.86. The van der Waals surface area contributed by atoms with Crippen molar-refractivity contribution in [1.29, 1.82) is 0 Å². The van der Waals surface area contributed by atoms with Crippen LogP contribution in [0.5, 0.6) is 0 Å². The van der Waals surface area contributed by atoms with Gasteiger partial charge in [-0.1, -0.05) is 18.2 Å². The average molecular weight is 264 g/mol. The monoisotopic (exact) mass is 264 g/mol. The van der Waals surface area contributed by atoms with E-state index in [1.54, 1.807) is 7.05 Å². The van der Waals surface area contributed by atoms with Crippen LogP contribution in [0.25, 0.3) is 0 Å². The number of benzene rings is 1. The van der Waals surface area contributed by atoms with Gasteiger partial charge in [0.05, 0.1) is 0 Å². The highest BCUT2D eigenvalue weighted by atomic mass is 16.4. The van der Waals surface area contributed by atoms with E-state index in [0.717, 1.165) is 5.69 Å². The third kappa shape index (κ3) is 4.99. The van der Waals surface area contributed by atoms with Gasteiger partial charge in [-0.15, -0.1) is 0 Å². The summed E-state index contributed by atoms with van der Waals surface area (Å²) in [6.07, 6.45) is 0.416. The van der Waals surface area contributed by atoms with Crippen molar-refractivity contribution in [2.24, 2.45) is 0 Å². The maximum Gasteiger partial charge on any atom is 0.322 e. The van der Waals surface area contributed by atoms with Gasteiger partial charge in [0.25, 0.3) is 0 Å². The SMILES string of the molecule is CN(C(=O)NC(C)(C)CCC(=O)O)c1ccccc1. The Kier molecular flexibility index (Phi) is 4.92. The van der Waals surface area contributed by atoms with Crippen LogP contribution >= 0.6 is 0 Å². The smallest absolute Gasteiger partial charge is 0.322 e. The molecule has 0 aliphatic carbocycles. The number of rotatable bonds is 5. The number of anilines is 1. The number of carbonyl (C=O) groups excluding carboxylic acids is 1. The van der Waals surface area contributed by atoms with Crippen molar-refractivity contribution in [1.82, 2.24) is 5.32 Å². The van der Waals surface area contributed by atoms with E-state index in [9.17, 15) is 9.59 Å². The van der Waals surface area contributed by atoms with Gasteiger partial charge in [0.1, 0.15) is 0 Å². The van der Waals surface area contributed by atoms with Crippen LogP contribution < -0.4 is 10.2 Å². The van der Waals surface area contributed by atoms with E-state index in [4.69, 9.17) is 5.11 Å². The van der Waals surface area contributed by atoms with Gasteiger partial charge in [-0.2, -0.15) is 0 Å². The first-order valence-electron chi connectivity index (χ1n) is 6.14. The van der Waals surface area contributed by atoms with Gasteiger partial charge < -0.3 is 10.4 Å². The lowest BCUT2D eigenvalue weighted by Gasteiger charge is -2.29. The van der Waals surface area contributed by atoms with Gasteiger partial charge in [-0.05, 0) is 32.4 Å². The van der Waals surface area contributed by atoms with Crippen LogP contribution in [0, 0.1) is 0 Å². The van der Waals surface area contributed by atoms with Crippen molar-refractivity contribution in [2.75, 3.05) is 11.9 Å². The van der Waals surface area contributed by atoms with E-state index < -0.39 is 11.5 Å². The molecular weight excluding hydrogens is 244 g/mol. The zero-order valence-corrected chi connectivity index (χ0v) is 11.5. The third-order valence-corrected chi connectivity index (χ3v) is 2.86. The first-order chi connectivity index (χ1) is 8.82. The summed E-state index contributed by atoms with van der Waals surface area (Å²) < 4.78 is 0. The summed E-state index contributed by atoms with van der Waals surface area (Å²) in [5, 5.41) is 11.5. The minimum absolute atomic E-state index is 0.0301. The summed E-state index contributed by atoms with van der Waals surface area (Å²) >= 11 is 0. The Morgan fingerprint density at radius 2 is 1.84 bits per heavy atom. The highest BCUT2D eigenvalue weighted by Gasteiger charge is 2.23. The van der Waals surface area contributed by atoms with Gasteiger partial charge in [0.15, 0.2) is 0 Å². The molecule has 104 valence electrons. The van der Waals surface area contributed by atoms with Crippen molar-refractivity contribution < 1.29 is 14.7 Å². The van der Waals surface area contributed by atoms with E-state index in [2.05, 4.69) is 5.32 Å². The molecule has 0 aliphatic rings. The molecule has 0 radical (unpaired) electrons. The lowest BCUT2D eigenvalue weighted by Crippen LogP contribution is -2.49. The van der Waals surface area contributed by atoms with Gasteiger partial charge >= 0.3 is 12.0 Å². The molecule has 19 heavy (non-hydrogen) atoms. The Bertz CT molecular complexity index is 443. The van der Waals surface area contributed by atoms with E-state index in [1.807, 2.05) is 44.2 Å². The predicted molar refractivity (Wildman–Crippen MR) is 74.3 cm³/mol. The Morgan fingerprint density at radius 1 is 1.26 bits per heavy atom. The van der Waals surface area contributed by atoms with Crippen molar-refractivity contribution in [3.05, 3.63) is 30.3 Å². The zero-order chi connectivity index (χ0) is 14.5. The maximum atomic E-state index is 12.1. The molecule has 5 nitrogen and oxygen atoms in total. The zero-order valence-electron chi connectivity index (χ0n) is 11.5. The normalized spacial score (nSPS) is 10.9. The van der Waals surface area contributed by atoms with Gasteiger partial charge in [-0.25, -0.2) is 4.79 Å². The van der Waals surface area contributed by atoms with Gasteiger partial charge in [0.2, 0.25) is 0 Å². The van der Waals surface area contributed by atoms with Crippen molar-refractivity contribution in [3.63, 3.8) is 0 Å². The molecule has 2 N–H and O–H groups in total. The van der Waals surface area contributed by atoms with Crippen molar-refractivity contribution in [2.45, 2.75) is 32.2 Å². The molecule has 0 saturated carbocycles. The number of hydrogen-bond acceptors (Lipinski definition) is 2. The number of nitrogens with zero attached hydrogens (tertiary/aromatic N) is 1. The summed E-state index contributed by atoms with van der Waals surface area (Å²) in [7, 11) is 1.68. The lowest BCUT2D eigenvalue weighted by molar-refractivity contribution is -0.137. The van der Waals surface area contributed by atoms with Gasteiger partial charge in [-0.3, -0.25) is 9.69 Å². The molecule has 1 rings (SSSR count). The summed E-state index contributed by atoms with van der Waals surface area (Å²) in [5.74, 6) is -0.862. The van der Waals surface area contributed by atoms with E-state index in [0.29, 0.717) is 6.42 Å². The van der Waals surface area contributed by atoms with Crippen LogP contribution in [0.15, 0.2) is 30.3 Å². The van der Waals surface area contributed by atoms with E-state index in [-0.39, 0.29) is 12.5 Å². The maximum absolute atomic E-state index is 12.1. The highest BCUT2D eigenvalue weighted by molar-refractivity contribution is 5.91. The molecule has 5 heteroatoms. The number of urea groups is 1. The van der Waals surface area contributed by atoms with Crippen LogP contribution in [0.3, 0.4) is 0 Å². The quantitative estimate of drug-likeness (QED) is 0.858. The standard InChI is InChI=1S/C14H20N2O3/c1-14(2,10-9-12(17)18)15-13(19)16(3)11-7-5-4-6-8-11/h4-8H,9-10H2,1-3H3,(H,15,19)(H,17,18). The number of nitrogens with one attached hydrogen (secondary N) is 1. The molecule has 2 amide bonds. The molecule has 0 bridgehead atoms. The number of carboxylic acid groups (broad SMARTS) is 1. The number of aliphatic carboxylic acids is 1. The molecule has 0 unspecified atom stereocenters. The fraction of sp³-hybridized carbons (Fsp3) is 0.429. The second-order valence-corrected chi connectivity index (χ2v) is 5.10. The molecule has 1 aromatic carbocycles. The fourth-order valence-corrected chi connectivity index (χ4v) is 1.62. The topological polar surface area (TPSA) is 69.6 Å². The van der Waals surface area contributed by atoms with Crippen LogP contribution in [0.1, 0.15) is 26.7 Å². The van der Waals surface area contributed by atoms with Crippen LogP contribution in [0.2, 0.25) is 0 Å². The largest absolute Gasteiger partial charge is 0.481 e. The predicted octanol–water partition coefficient (Wildman–Crippen LogP) is 2.48. The lowest BCUT2D eigenvalue weighted by atomic mass is 9.99. The summed E-state index contributed by atoms with van der Waals surface area (Å²) in [6.45, 7) is 3.62. The second-order valence-electron chi connectivity index (χ2n) is 5.10. The van der Waals surface area contributed by atoms with Crippen LogP contribution in [-0.4, -0.2) is 29.7 Å². The van der Waals surface area contributed by atoms with E-state index >= 15 is 0 Å². The van der Waals surface area contributed by atoms with Crippen LogP contribution in [-0.2, 0) is 4.79 Å². The molecule has 0 aromatic heterocycles. The Balaban J connectivity index is 2.61. The number of carbonyl (C=O) groups is 2. The van der Waals surface area contributed by atoms with E-state index in [1.165, 1.54) is 4.90 Å². The van der Waals surface area contributed by atoms with Crippen molar-refractivity contribution >= 4 is 17.7 Å². The number of para-hydroxylation sites is 1. The molecule has 0 heterocycles. The molecule has 0 fully saturated rings. The molecule has 0 atom stereocenters. The first kappa shape index (κ1) is 15.0. The van der Waals surface area contributed by atoms with Gasteiger partial charge in [0, 0.05) is 24.7 Å². The Morgan fingerprint density at radius 3 is 2.37 bits per heavy atom. The molecule has 0 spiro atoms. The van der Waals surface area contributed by atoms with Crippen molar-refractivity contribution in [3.8, 4) is 0 Å². The minimum Gasteiger partial charge on any atom is -0.481 e. The molecule has 0 aliphatic heterocycles. The fourth-order valence-electron chi connectivity index (χ4n) is 1.62. The Labute approximate surface area is 113 Å². The molecule has 1 aromatic rings. The molecular formula is C14H20N2O3. The number of amides is 2. The summed E-state index contributed by atoms with van der Waals surface area (Å²) in [4.78, 5) is 24.1. The number of hydrogen-bond donors (Lipinski definition) is 2. The highest BCUT2D eigenvalue weighted by Crippen LogP contribution is 2.15. The summed E-state index contributed by atoms with van der Waals surface area (Å²) in [5.41, 5.74) is 0.229. The summed E-state index contributed by atoms with van der Waals surface area (Å²) in [6, 6.07) is 9.02. The Hall–Kier alpha value is -2.04. The minimum atomic E-state index is -0.862. The second kappa shape index (κ2) is 6.22. The first-order valence-corrected chi connectivity index (χ1v) is 6.14. The average Bonchev–Trinajstić information content (AvgIpc) is 2.36. The number of carboxylic acids is 1.